The summed E-state index contributed by atoms with van der Waals surface area (Å²) in [4.78, 5) is 14.6. The Hall–Kier alpha value is -1.26. The number of hydrogen-bond acceptors (Lipinski definition) is 3. The molecule has 0 spiro atoms. The summed E-state index contributed by atoms with van der Waals surface area (Å²) in [6.45, 7) is 3.01. The van der Waals surface area contributed by atoms with E-state index in [1.807, 2.05) is 0 Å². The zero-order chi connectivity index (χ0) is 15.5. The lowest BCUT2D eigenvalue weighted by Crippen LogP contribution is -2.55. The molecule has 2 unspecified atom stereocenters. The summed E-state index contributed by atoms with van der Waals surface area (Å²) in [5, 5.41) is 3.11. The van der Waals surface area contributed by atoms with Gasteiger partial charge in [0.1, 0.15) is 0 Å². The summed E-state index contributed by atoms with van der Waals surface area (Å²) in [6, 6.07) is 7.08. The Balaban J connectivity index is 0.00000242. The number of carbonyl (C=O) groups is 1. The molecule has 1 aromatic rings. The molecule has 22 heavy (non-hydrogen) atoms. The molecule has 1 saturated carbocycles. The predicted molar refractivity (Wildman–Crippen MR) is 94.5 cm³/mol. The zero-order valence-electron chi connectivity index (χ0n) is 13.8. The van der Waals surface area contributed by atoms with Crippen molar-refractivity contribution in [1.82, 2.24) is 10.2 Å². The van der Waals surface area contributed by atoms with E-state index in [-0.39, 0.29) is 23.9 Å². The molecule has 1 amide bonds. The minimum Gasteiger partial charge on any atom is -0.399 e. The molecule has 0 heterocycles. The maximum atomic E-state index is 12.3. The molecule has 1 fully saturated rings. The lowest BCUT2D eigenvalue weighted by molar-refractivity contribution is 0.0675. The van der Waals surface area contributed by atoms with E-state index in [0.29, 0.717) is 17.8 Å². The molecular weight excluding hydrogens is 298 g/mol. The van der Waals surface area contributed by atoms with Gasteiger partial charge in [-0.05, 0) is 57.1 Å². The van der Waals surface area contributed by atoms with Gasteiger partial charge in [-0.2, -0.15) is 0 Å². The second kappa shape index (κ2) is 7.84. The van der Waals surface area contributed by atoms with E-state index in [9.17, 15) is 4.79 Å². The van der Waals surface area contributed by atoms with Gasteiger partial charge in [0.2, 0.25) is 0 Å². The molecule has 0 aromatic heterocycles. The number of amides is 1. The van der Waals surface area contributed by atoms with E-state index in [4.69, 9.17) is 5.73 Å². The first-order valence-electron chi connectivity index (χ1n) is 7.74. The molecule has 4 nitrogen and oxygen atoms in total. The van der Waals surface area contributed by atoms with E-state index in [2.05, 4.69) is 31.2 Å². The molecule has 1 aliphatic rings. The highest BCUT2D eigenvalue weighted by molar-refractivity contribution is 5.94. The van der Waals surface area contributed by atoms with Crippen LogP contribution in [0.5, 0.6) is 0 Å². The van der Waals surface area contributed by atoms with Gasteiger partial charge in [-0.1, -0.05) is 19.8 Å². The zero-order valence-corrected chi connectivity index (χ0v) is 14.6. The van der Waals surface area contributed by atoms with Gasteiger partial charge in [0.25, 0.3) is 5.91 Å². The van der Waals surface area contributed by atoms with Crippen molar-refractivity contribution in [3.63, 3.8) is 0 Å². The average Bonchev–Trinajstić information content (AvgIpc) is 2.45. The SMILES string of the molecule is CC1CCCC(CNC(=O)c2ccc(N)cc2)(N(C)C)C1.Cl. The summed E-state index contributed by atoms with van der Waals surface area (Å²) >= 11 is 0. The molecule has 1 aromatic carbocycles. The van der Waals surface area contributed by atoms with Crippen LogP contribution < -0.4 is 11.1 Å². The number of nitrogen functional groups attached to an aromatic ring is 1. The van der Waals surface area contributed by atoms with Crippen LogP contribution in [0.15, 0.2) is 24.3 Å². The number of benzene rings is 1. The minimum atomic E-state index is -0.0190. The molecule has 0 bridgehead atoms. The Bertz CT molecular complexity index is 489. The number of carbonyl (C=O) groups excluding carboxylic acids is 1. The molecule has 124 valence electrons. The Kier molecular flexibility index (Phi) is 6.69. The highest BCUT2D eigenvalue weighted by atomic mass is 35.5. The van der Waals surface area contributed by atoms with Gasteiger partial charge < -0.3 is 16.0 Å². The van der Waals surface area contributed by atoms with Gasteiger partial charge in [-0.25, -0.2) is 0 Å². The first-order chi connectivity index (χ1) is 9.93. The third-order valence-electron chi connectivity index (χ3n) is 4.77. The Labute approximate surface area is 139 Å². The molecule has 1 aliphatic carbocycles. The highest BCUT2D eigenvalue weighted by Crippen LogP contribution is 2.35. The number of likely N-dealkylation sites (N-methyl/N-ethyl adjacent to an activating group) is 1. The number of anilines is 1. The summed E-state index contributed by atoms with van der Waals surface area (Å²) in [7, 11) is 4.24. The van der Waals surface area contributed by atoms with Gasteiger partial charge in [-0.15, -0.1) is 12.4 Å². The molecular formula is C17H28ClN3O. The van der Waals surface area contributed by atoms with E-state index in [0.717, 1.165) is 18.8 Å². The van der Waals surface area contributed by atoms with E-state index in [1.54, 1.807) is 24.3 Å². The fraction of sp³-hybridized carbons (Fsp3) is 0.588. The third kappa shape index (κ3) is 4.37. The number of hydrogen-bond donors (Lipinski definition) is 2. The fourth-order valence-corrected chi connectivity index (χ4v) is 3.34. The van der Waals surface area contributed by atoms with Crippen molar-refractivity contribution in [3.8, 4) is 0 Å². The second-order valence-electron chi connectivity index (χ2n) is 6.62. The maximum absolute atomic E-state index is 12.3. The van der Waals surface area contributed by atoms with Gasteiger partial charge in [-0.3, -0.25) is 4.79 Å². The monoisotopic (exact) mass is 325 g/mol. The van der Waals surface area contributed by atoms with Crippen molar-refractivity contribution in [3.05, 3.63) is 29.8 Å². The topological polar surface area (TPSA) is 58.4 Å². The number of nitrogens with two attached hydrogens (primary N) is 1. The molecule has 2 atom stereocenters. The quantitative estimate of drug-likeness (QED) is 0.837. The summed E-state index contributed by atoms with van der Waals surface area (Å²) < 4.78 is 0. The largest absolute Gasteiger partial charge is 0.399 e. The van der Waals surface area contributed by atoms with Gasteiger partial charge in [0, 0.05) is 23.3 Å². The molecule has 0 saturated heterocycles. The Morgan fingerprint density at radius 2 is 2.00 bits per heavy atom. The number of nitrogens with one attached hydrogen (secondary N) is 1. The number of halogens is 1. The molecule has 3 N–H and O–H groups in total. The van der Waals surface area contributed by atoms with Gasteiger partial charge in [0.05, 0.1) is 0 Å². The van der Waals surface area contributed by atoms with Gasteiger partial charge in [0.15, 0.2) is 0 Å². The predicted octanol–water partition coefficient (Wildman–Crippen LogP) is 2.93. The number of nitrogens with zero attached hydrogens (tertiary/aromatic N) is 1. The molecule has 0 radical (unpaired) electrons. The lowest BCUT2D eigenvalue weighted by Gasteiger charge is -2.45. The Morgan fingerprint density at radius 3 is 2.55 bits per heavy atom. The van der Waals surface area contributed by atoms with Crippen LogP contribution in [0.3, 0.4) is 0 Å². The first-order valence-corrected chi connectivity index (χ1v) is 7.74. The van der Waals surface area contributed by atoms with Crippen molar-refractivity contribution >= 4 is 24.0 Å². The standard InChI is InChI=1S/C17H27N3O.ClH/c1-13-5-4-10-17(11-13,20(2)3)12-19-16(21)14-6-8-15(18)9-7-14;/h6-9,13H,4-5,10-12,18H2,1-3H3,(H,19,21);1H. The number of rotatable bonds is 4. The van der Waals surface area contributed by atoms with Crippen LogP contribution in [0.25, 0.3) is 0 Å². The van der Waals surface area contributed by atoms with Crippen LogP contribution in [0.4, 0.5) is 5.69 Å². The van der Waals surface area contributed by atoms with Crippen molar-refractivity contribution in [2.75, 3.05) is 26.4 Å². The van der Waals surface area contributed by atoms with Crippen LogP contribution in [0.1, 0.15) is 43.0 Å². The first kappa shape index (κ1) is 18.8. The Morgan fingerprint density at radius 1 is 1.36 bits per heavy atom. The van der Waals surface area contributed by atoms with Crippen LogP contribution in [-0.2, 0) is 0 Å². The summed E-state index contributed by atoms with van der Waals surface area (Å²) in [5.41, 5.74) is 7.09. The molecule has 0 aliphatic heterocycles. The minimum absolute atomic E-state index is 0. The second-order valence-corrected chi connectivity index (χ2v) is 6.62. The van der Waals surface area contributed by atoms with Crippen LogP contribution in [-0.4, -0.2) is 37.0 Å². The molecule has 5 heteroatoms. The average molecular weight is 326 g/mol. The van der Waals surface area contributed by atoms with Crippen molar-refractivity contribution in [1.29, 1.82) is 0 Å². The van der Waals surface area contributed by atoms with E-state index < -0.39 is 0 Å². The van der Waals surface area contributed by atoms with Crippen LogP contribution in [0, 0.1) is 5.92 Å². The highest BCUT2D eigenvalue weighted by Gasteiger charge is 2.37. The van der Waals surface area contributed by atoms with Crippen molar-refractivity contribution < 1.29 is 4.79 Å². The fourth-order valence-electron chi connectivity index (χ4n) is 3.34. The summed E-state index contributed by atoms with van der Waals surface area (Å²) in [6.07, 6.45) is 4.81. The smallest absolute Gasteiger partial charge is 0.251 e. The van der Waals surface area contributed by atoms with Crippen molar-refractivity contribution in [2.45, 2.75) is 38.1 Å². The van der Waals surface area contributed by atoms with Gasteiger partial charge >= 0.3 is 0 Å². The molecule has 2 rings (SSSR count). The van der Waals surface area contributed by atoms with E-state index >= 15 is 0 Å². The third-order valence-corrected chi connectivity index (χ3v) is 4.77. The van der Waals surface area contributed by atoms with E-state index in [1.165, 1.54) is 12.8 Å². The van der Waals surface area contributed by atoms with Crippen LogP contribution >= 0.6 is 12.4 Å². The normalized spacial score (nSPS) is 24.6. The summed E-state index contributed by atoms with van der Waals surface area (Å²) in [5.74, 6) is 0.698. The lowest BCUT2D eigenvalue weighted by atomic mass is 9.75. The maximum Gasteiger partial charge on any atom is 0.251 e. The van der Waals surface area contributed by atoms with Crippen LogP contribution in [0.2, 0.25) is 0 Å². The van der Waals surface area contributed by atoms with Crippen molar-refractivity contribution in [2.24, 2.45) is 5.92 Å².